The summed E-state index contributed by atoms with van der Waals surface area (Å²) in [6.45, 7) is 2.74. The average molecular weight is 286 g/mol. The number of nitrogens with zero attached hydrogens (tertiary/aromatic N) is 2. The minimum Gasteiger partial charge on any atom is -0.369 e. The van der Waals surface area contributed by atoms with E-state index in [0.29, 0.717) is 12.5 Å². The van der Waals surface area contributed by atoms with Crippen LogP contribution in [-0.4, -0.2) is 12.5 Å². The van der Waals surface area contributed by atoms with Crippen LogP contribution in [0.1, 0.15) is 17.2 Å². The van der Waals surface area contributed by atoms with Crippen LogP contribution in [0.5, 0.6) is 0 Å². The standard InChI is InChI=1S/C16H16ClN3/c1-11-2-8-14(9-3-11)20-15(10-19-16(20)18)12-4-6-13(17)7-5-12/h2-9,15H,10H2,1H3,(H2,18,19). The quantitative estimate of drug-likeness (QED) is 0.917. The summed E-state index contributed by atoms with van der Waals surface area (Å²) < 4.78 is 0. The molecular weight excluding hydrogens is 270 g/mol. The van der Waals surface area contributed by atoms with Gasteiger partial charge in [-0.25, -0.2) is 0 Å². The number of halogens is 1. The number of aliphatic imine (C=N–C) groups is 1. The molecule has 0 amide bonds. The molecule has 20 heavy (non-hydrogen) atoms. The third-order valence-corrected chi connectivity index (χ3v) is 3.80. The van der Waals surface area contributed by atoms with Crippen LogP contribution in [0.15, 0.2) is 53.5 Å². The highest BCUT2D eigenvalue weighted by atomic mass is 35.5. The molecule has 4 heteroatoms. The largest absolute Gasteiger partial charge is 0.369 e. The number of hydrogen-bond donors (Lipinski definition) is 1. The molecule has 1 atom stereocenters. The molecule has 1 aliphatic heterocycles. The Morgan fingerprint density at radius 2 is 1.75 bits per heavy atom. The van der Waals surface area contributed by atoms with E-state index in [0.717, 1.165) is 10.7 Å². The molecule has 0 fully saturated rings. The highest BCUT2D eigenvalue weighted by molar-refractivity contribution is 6.30. The number of guanidine groups is 1. The second kappa shape index (κ2) is 5.17. The van der Waals surface area contributed by atoms with Crippen molar-refractivity contribution in [3.05, 3.63) is 64.7 Å². The molecule has 2 aromatic carbocycles. The van der Waals surface area contributed by atoms with E-state index in [1.807, 2.05) is 24.3 Å². The second-order valence-electron chi connectivity index (χ2n) is 4.97. The molecule has 0 aliphatic carbocycles. The van der Waals surface area contributed by atoms with Gasteiger partial charge in [-0.1, -0.05) is 41.4 Å². The first-order chi connectivity index (χ1) is 9.65. The zero-order chi connectivity index (χ0) is 14.1. The fraction of sp³-hybridized carbons (Fsp3) is 0.188. The van der Waals surface area contributed by atoms with Gasteiger partial charge in [-0.2, -0.15) is 0 Å². The van der Waals surface area contributed by atoms with Crippen LogP contribution in [-0.2, 0) is 0 Å². The lowest BCUT2D eigenvalue weighted by Gasteiger charge is -2.26. The molecule has 3 nitrogen and oxygen atoms in total. The van der Waals surface area contributed by atoms with Gasteiger partial charge in [0.05, 0.1) is 12.6 Å². The zero-order valence-electron chi connectivity index (χ0n) is 11.3. The van der Waals surface area contributed by atoms with Crippen LogP contribution in [0.2, 0.25) is 5.02 Å². The Morgan fingerprint density at radius 3 is 2.40 bits per heavy atom. The molecule has 1 heterocycles. The van der Waals surface area contributed by atoms with Crippen molar-refractivity contribution in [2.24, 2.45) is 10.7 Å². The van der Waals surface area contributed by atoms with Gasteiger partial charge in [0.1, 0.15) is 0 Å². The Hall–Kier alpha value is -2.00. The van der Waals surface area contributed by atoms with Crippen molar-refractivity contribution in [2.45, 2.75) is 13.0 Å². The van der Waals surface area contributed by atoms with Gasteiger partial charge in [0, 0.05) is 10.7 Å². The van der Waals surface area contributed by atoms with E-state index in [-0.39, 0.29) is 6.04 Å². The Morgan fingerprint density at radius 1 is 1.10 bits per heavy atom. The van der Waals surface area contributed by atoms with Crippen molar-refractivity contribution >= 4 is 23.2 Å². The van der Waals surface area contributed by atoms with Gasteiger partial charge in [-0.05, 0) is 36.8 Å². The monoisotopic (exact) mass is 285 g/mol. The number of anilines is 1. The lowest BCUT2D eigenvalue weighted by Crippen LogP contribution is -2.36. The minimum absolute atomic E-state index is 0.134. The molecule has 2 N–H and O–H groups in total. The molecule has 0 saturated heterocycles. The summed E-state index contributed by atoms with van der Waals surface area (Å²) >= 11 is 5.95. The van der Waals surface area contributed by atoms with E-state index >= 15 is 0 Å². The molecule has 0 saturated carbocycles. The summed E-state index contributed by atoms with van der Waals surface area (Å²) in [6, 6.07) is 16.3. The van der Waals surface area contributed by atoms with E-state index in [1.165, 1.54) is 11.1 Å². The Bertz CT molecular complexity index is 632. The van der Waals surface area contributed by atoms with Crippen molar-refractivity contribution in [1.29, 1.82) is 0 Å². The Labute approximate surface area is 123 Å². The van der Waals surface area contributed by atoms with E-state index in [4.69, 9.17) is 17.3 Å². The maximum Gasteiger partial charge on any atom is 0.196 e. The molecule has 0 spiro atoms. The number of benzene rings is 2. The highest BCUT2D eigenvalue weighted by Crippen LogP contribution is 2.31. The number of nitrogens with two attached hydrogens (primary N) is 1. The molecule has 102 valence electrons. The highest BCUT2D eigenvalue weighted by Gasteiger charge is 2.28. The lowest BCUT2D eigenvalue weighted by atomic mass is 10.1. The Balaban J connectivity index is 1.96. The van der Waals surface area contributed by atoms with Gasteiger partial charge in [0.25, 0.3) is 0 Å². The fourth-order valence-corrected chi connectivity index (χ4v) is 2.58. The van der Waals surface area contributed by atoms with Crippen LogP contribution in [0.4, 0.5) is 5.69 Å². The van der Waals surface area contributed by atoms with E-state index < -0.39 is 0 Å². The smallest absolute Gasteiger partial charge is 0.196 e. The Kier molecular flexibility index (Phi) is 3.36. The minimum atomic E-state index is 0.134. The van der Waals surface area contributed by atoms with Crippen LogP contribution in [0, 0.1) is 6.92 Å². The summed E-state index contributed by atoms with van der Waals surface area (Å²) in [6.07, 6.45) is 0. The third kappa shape index (κ3) is 2.37. The van der Waals surface area contributed by atoms with Gasteiger partial charge >= 0.3 is 0 Å². The second-order valence-corrected chi connectivity index (χ2v) is 5.41. The van der Waals surface area contributed by atoms with Crippen molar-refractivity contribution in [3.8, 4) is 0 Å². The SMILES string of the molecule is Cc1ccc(N2C(N)=NCC2c2ccc(Cl)cc2)cc1. The van der Waals surface area contributed by atoms with Crippen molar-refractivity contribution in [2.75, 3.05) is 11.4 Å². The topological polar surface area (TPSA) is 41.6 Å². The van der Waals surface area contributed by atoms with E-state index in [9.17, 15) is 0 Å². The van der Waals surface area contributed by atoms with Gasteiger partial charge < -0.3 is 10.6 Å². The summed E-state index contributed by atoms with van der Waals surface area (Å²) in [7, 11) is 0. The van der Waals surface area contributed by atoms with Crippen LogP contribution < -0.4 is 10.6 Å². The molecule has 1 unspecified atom stereocenters. The molecule has 0 aromatic heterocycles. The van der Waals surface area contributed by atoms with Crippen LogP contribution >= 0.6 is 11.6 Å². The molecule has 0 radical (unpaired) electrons. The summed E-state index contributed by atoms with van der Waals surface area (Å²) in [5.74, 6) is 0.564. The number of hydrogen-bond acceptors (Lipinski definition) is 3. The molecule has 0 bridgehead atoms. The van der Waals surface area contributed by atoms with Gasteiger partial charge in [0.15, 0.2) is 5.96 Å². The fourth-order valence-electron chi connectivity index (χ4n) is 2.45. The predicted molar refractivity (Wildman–Crippen MR) is 84.3 cm³/mol. The number of aryl methyl sites for hydroxylation is 1. The van der Waals surface area contributed by atoms with Crippen LogP contribution in [0.3, 0.4) is 0 Å². The van der Waals surface area contributed by atoms with Gasteiger partial charge in [-0.15, -0.1) is 0 Å². The zero-order valence-corrected chi connectivity index (χ0v) is 12.0. The van der Waals surface area contributed by atoms with Crippen molar-refractivity contribution in [1.82, 2.24) is 0 Å². The summed E-state index contributed by atoms with van der Waals surface area (Å²) in [4.78, 5) is 6.46. The van der Waals surface area contributed by atoms with Crippen molar-refractivity contribution < 1.29 is 0 Å². The first-order valence-electron chi connectivity index (χ1n) is 6.56. The molecule has 3 rings (SSSR count). The van der Waals surface area contributed by atoms with E-state index in [1.54, 1.807) is 0 Å². The molecule has 1 aliphatic rings. The number of rotatable bonds is 2. The molecular formula is C16H16ClN3. The summed E-state index contributed by atoms with van der Waals surface area (Å²) in [5.41, 5.74) is 9.51. The maximum absolute atomic E-state index is 6.06. The maximum atomic E-state index is 6.06. The van der Waals surface area contributed by atoms with Crippen molar-refractivity contribution in [3.63, 3.8) is 0 Å². The van der Waals surface area contributed by atoms with Gasteiger partial charge in [-0.3, -0.25) is 4.99 Å². The first-order valence-corrected chi connectivity index (χ1v) is 6.94. The van der Waals surface area contributed by atoms with E-state index in [2.05, 4.69) is 41.1 Å². The lowest BCUT2D eigenvalue weighted by molar-refractivity contribution is 0.769. The first kappa shape index (κ1) is 13.0. The molecule has 2 aromatic rings. The van der Waals surface area contributed by atoms with Crippen LogP contribution in [0.25, 0.3) is 0 Å². The summed E-state index contributed by atoms with van der Waals surface area (Å²) in [5, 5.41) is 0.738. The van der Waals surface area contributed by atoms with Gasteiger partial charge in [0.2, 0.25) is 0 Å². The predicted octanol–water partition coefficient (Wildman–Crippen LogP) is 3.52. The average Bonchev–Trinajstić information content (AvgIpc) is 2.83. The normalized spacial score (nSPS) is 18.2. The third-order valence-electron chi connectivity index (χ3n) is 3.55.